The lowest BCUT2D eigenvalue weighted by molar-refractivity contribution is -0.277. The summed E-state index contributed by atoms with van der Waals surface area (Å²) in [6.45, 7) is -0.601. The molecule has 0 unspecified atom stereocenters. The maximum Gasteiger partial charge on any atom is 0.229 e. The van der Waals surface area contributed by atoms with Gasteiger partial charge in [0.05, 0.1) is 6.61 Å². The van der Waals surface area contributed by atoms with Crippen molar-refractivity contribution in [3.8, 4) is 23.0 Å². The molecule has 1 aliphatic rings. The van der Waals surface area contributed by atoms with Crippen LogP contribution < -0.4 is 4.74 Å². The minimum absolute atomic E-state index is 0.0600. The Hall–Kier alpha value is -2.82. The van der Waals surface area contributed by atoms with Gasteiger partial charge in [-0.1, -0.05) is 18.2 Å². The fourth-order valence-corrected chi connectivity index (χ4v) is 2.93. The fraction of sp³-hybridized carbons (Fsp3) is 0.300. The highest BCUT2D eigenvalue weighted by Crippen LogP contribution is 2.32. The van der Waals surface area contributed by atoms with Crippen LogP contribution in [0.25, 0.3) is 12.2 Å². The number of ether oxygens (including phenoxy) is 2. The zero-order valence-corrected chi connectivity index (χ0v) is 15.2. The van der Waals surface area contributed by atoms with Gasteiger partial charge in [0.2, 0.25) is 6.29 Å². The average molecular weight is 406 g/mol. The first-order chi connectivity index (χ1) is 13.8. The van der Waals surface area contributed by atoms with Gasteiger partial charge in [-0.05, 0) is 35.4 Å². The van der Waals surface area contributed by atoms with Gasteiger partial charge in [-0.15, -0.1) is 0 Å². The summed E-state index contributed by atoms with van der Waals surface area (Å²) in [5.41, 5.74) is 1.11. The summed E-state index contributed by atoms with van der Waals surface area (Å²) in [7, 11) is 0. The third kappa shape index (κ3) is 4.78. The second kappa shape index (κ2) is 8.68. The first-order valence-corrected chi connectivity index (χ1v) is 8.80. The van der Waals surface area contributed by atoms with E-state index in [0.717, 1.165) is 0 Å². The normalized spacial score (nSPS) is 27.2. The van der Waals surface area contributed by atoms with Crippen LogP contribution in [-0.2, 0) is 4.74 Å². The molecule has 0 radical (unpaired) electrons. The molecule has 0 bridgehead atoms. The predicted octanol–water partition coefficient (Wildman–Crippen LogP) is 0.152. The number of rotatable bonds is 5. The minimum atomic E-state index is -1.61. The zero-order chi connectivity index (χ0) is 21.1. The highest BCUT2D eigenvalue weighted by Gasteiger charge is 2.44. The second-order valence-corrected chi connectivity index (χ2v) is 6.66. The SMILES string of the molecule is OC[C@H]1O[C@@H](Oc2cc(/C=C/c3cc(O)cc(O)c3)ccc2O)[C@H](O)[C@H](O)[C@@H]1O. The molecule has 0 saturated carbocycles. The topological polar surface area (TPSA) is 160 Å². The minimum Gasteiger partial charge on any atom is -0.508 e. The fourth-order valence-electron chi connectivity index (χ4n) is 2.93. The van der Waals surface area contributed by atoms with Crippen molar-refractivity contribution in [2.75, 3.05) is 6.61 Å². The van der Waals surface area contributed by atoms with Gasteiger partial charge in [-0.2, -0.15) is 0 Å². The molecule has 0 amide bonds. The van der Waals surface area contributed by atoms with Gasteiger partial charge >= 0.3 is 0 Å². The van der Waals surface area contributed by atoms with Gasteiger partial charge in [0, 0.05) is 6.07 Å². The summed E-state index contributed by atoms with van der Waals surface area (Å²) in [6, 6.07) is 8.46. The van der Waals surface area contributed by atoms with Crippen LogP contribution >= 0.6 is 0 Å². The van der Waals surface area contributed by atoms with Crippen LogP contribution in [0.5, 0.6) is 23.0 Å². The van der Waals surface area contributed by atoms with Crippen LogP contribution in [0, 0.1) is 0 Å². The molecule has 7 N–H and O–H groups in total. The smallest absolute Gasteiger partial charge is 0.229 e. The number of hydrogen-bond donors (Lipinski definition) is 7. The van der Waals surface area contributed by atoms with E-state index in [4.69, 9.17) is 9.47 Å². The third-order valence-corrected chi connectivity index (χ3v) is 4.47. The van der Waals surface area contributed by atoms with E-state index in [1.54, 1.807) is 18.2 Å². The van der Waals surface area contributed by atoms with Gasteiger partial charge in [-0.25, -0.2) is 0 Å². The monoisotopic (exact) mass is 406 g/mol. The Balaban J connectivity index is 1.79. The van der Waals surface area contributed by atoms with Crippen molar-refractivity contribution >= 4 is 12.2 Å². The molecule has 0 spiro atoms. The standard InChI is InChI=1S/C20H22O9/c21-9-16-17(25)18(26)19(27)20(29-16)28-15-7-10(3-4-14(15)24)1-2-11-5-12(22)8-13(23)6-11/h1-8,16-27H,9H2/b2-1+/t16-,17-,18-,19-,20-/m1/s1. The Labute approximate surface area is 165 Å². The first-order valence-electron chi connectivity index (χ1n) is 8.80. The van der Waals surface area contributed by atoms with Crippen molar-refractivity contribution in [1.29, 1.82) is 0 Å². The quantitative estimate of drug-likeness (QED) is 0.343. The van der Waals surface area contributed by atoms with Gasteiger partial charge in [0.15, 0.2) is 11.5 Å². The molecular weight excluding hydrogens is 384 g/mol. The summed E-state index contributed by atoms with van der Waals surface area (Å²) in [5.74, 6) is -0.506. The highest BCUT2D eigenvalue weighted by molar-refractivity contribution is 5.72. The summed E-state index contributed by atoms with van der Waals surface area (Å²) in [4.78, 5) is 0. The number of aromatic hydroxyl groups is 3. The van der Waals surface area contributed by atoms with E-state index in [1.165, 1.54) is 30.3 Å². The van der Waals surface area contributed by atoms with E-state index in [9.17, 15) is 35.7 Å². The molecule has 0 aromatic heterocycles. The Morgan fingerprint density at radius 1 is 0.828 bits per heavy atom. The predicted molar refractivity (Wildman–Crippen MR) is 101 cm³/mol. The second-order valence-electron chi connectivity index (χ2n) is 6.66. The van der Waals surface area contributed by atoms with Gasteiger partial charge in [0.25, 0.3) is 0 Å². The molecule has 1 heterocycles. The summed E-state index contributed by atoms with van der Waals surface area (Å²) < 4.78 is 10.7. The Morgan fingerprint density at radius 3 is 2.14 bits per heavy atom. The van der Waals surface area contributed by atoms with Gasteiger partial charge in [0.1, 0.15) is 35.9 Å². The maximum atomic E-state index is 10.1. The van der Waals surface area contributed by atoms with Crippen LogP contribution in [-0.4, -0.2) is 73.1 Å². The van der Waals surface area contributed by atoms with Crippen LogP contribution in [0.15, 0.2) is 36.4 Å². The van der Waals surface area contributed by atoms with Crippen LogP contribution in [0.2, 0.25) is 0 Å². The molecule has 9 nitrogen and oxygen atoms in total. The average Bonchev–Trinajstić information content (AvgIpc) is 2.68. The molecule has 1 saturated heterocycles. The molecule has 2 aromatic carbocycles. The number of aliphatic hydroxyl groups excluding tert-OH is 4. The molecule has 1 fully saturated rings. The lowest BCUT2D eigenvalue weighted by atomic mass is 9.99. The van der Waals surface area contributed by atoms with E-state index in [-0.39, 0.29) is 23.0 Å². The van der Waals surface area contributed by atoms with Crippen molar-refractivity contribution in [2.24, 2.45) is 0 Å². The van der Waals surface area contributed by atoms with Crippen LogP contribution in [0.3, 0.4) is 0 Å². The lowest BCUT2D eigenvalue weighted by Crippen LogP contribution is -2.60. The van der Waals surface area contributed by atoms with Gasteiger partial charge < -0.3 is 45.2 Å². The number of hydrogen-bond acceptors (Lipinski definition) is 9. The van der Waals surface area contributed by atoms with E-state index in [0.29, 0.717) is 11.1 Å². The third-order valence-electron chi connectivity index (χ3n) is 4.47. The van der Waals surface area contributed by atoms with Crippen LogP contribution in [0.1, 0.15) is 11.1 Å². The molecule has 9 heteroatoms. The molecule has 1 aliphatic heterocycles. The molecule has 5 atom stereocenters. The lowest BCUT2D eigenvalue weighted by Gasteiger charge is -2.39. The van der Waals surface area contributed by atoms with E-state index in [2.05, 4.69) is 0 Å². The Bertz CT molecular complexity index is 860. The van der Waals surface area contributed by atoms with Crippen molar-refractivity contribution in [1.82, 2.24) is 0 Å². The summed E-state index contributed by atoms with van der Waals surface area (Å²) >= 11 is 0. The first kappa shape index (κ1) is 20.9. The number of aliphatic hydroxyl groups is 4. The van der Waals surface area contributed by atoms with Crippen LogP contribution in [0.4, 0.5) is 0 Å². The van der Waals surface area contributed by atoms with Gasteiger partial charge in [-0.3, -0.25) is 0 Å². The Kier molecular flexibility index (Phi) is 6.26. The van der Waals surface area contributed by atoms with E-state index < -0.39 is 37.3 Å². The molecular formula is C20H22O9. The zero-order valence-electron chi connectivity index (χ0n) is 15.2. The number of benzene rings is 2. The number of phenolic OH excluding ortho intramolecular Hbond substituents is 3. The number of phenols is 3. The highest BCUT2D eigenvalue weighted by atomic mass is 16.7. The molecule has 156 valence electrons. The maximum absolute atomic E-state index is 10.1. The molecule has 29 heavy (non-hydrogen) atoms. The Morgan fingerprint density at radius 2 is 1.48 bits per heavy atom. The van der Waals surface area contributed by atoms with Crippen molar-refractivity contribution < 1.29 is 45.2 Å². The van der Waals surface area contributed by atoms with Crippen molar-refractivity contribution in [3.63, 3.8) is 0 Å². The summed E-state index contributed by atoms with van der Waals surface area (Å²) in [5, 5.41) is 68.0. The van der Waals surface area contributed by atoms with E-state index >= 15 is 0 Å². The van der Waals surface area contributed by atoms with Crippen molar-refractivity contribution in [2.45, 2.75) is 30.7 Å². The molecule has 0 aliphatic carbocycles. The van der Waals surface area contributed by atoms with Crippen molar-refractivity contribution in [3.05, 3.63) is 47.5 Å². The molecule has 2 aromatic rings. The molecule has 3 rings (SSSR count). The largest absolute Gasteiger partial charge is 0.508 e. The summed E-state index contributed by atoms with van der Waals surface area (Å²) in [6.07, 6.45) is -4.05. The van der Waals surface area contributed by atoms with E-state index in [1.807, 2.05) is 0 Å².